The van der Waals surface area contributed by atoms with E-state index in [4.69, 9.17) is 0 Å². The van der Waals surface area contributed by atoms with Gasteiger partial charge in [0.05, 0.1) is 16.3 Å². The summed E-state index contributed by atoms with van der Waals surface area (Å²) in [6.45, 7) is 3.62. The number of hydrogen-bond donors (Lipinski definition) is 2. The molecule has 0 aliphatic rings. The third-order valence-corrected chi connectivity index (χ3v) is 3.27. The maximum absolute atomic E-state index is 11.2. The average Bonchev–Trinajstić information content (AvgIpc) is 2.88. The zero-order valence-electron chi connectivity index (χ0n) is 9.91. The molecule has 0 atom stereocenters. The summed E-state index contributed by atoms with van der Waals surface area (Å²) in [5.41, 5.74) is 2.64. The standard InChI is InChI=1S/C12H15N3OS/c1-3-5-9-11(13-8(2)16)12(15-14-9)10-6-4-7-17-10/h4,6-7H,3,5H2,1-2H3,(H,13,16)(H,14,15). The van der Waals surface area contributed by atoms with E-state index in [2.05, 4.69) is 22.4 Å². The van der Waals surface area contributed by atoms with Crippen molar-refractivity contribution in [2.75, 3.05) is 5.32 Å². The Morgan fingerprint density at radius 2 is 2.41 bits per heavy atom. The molecule has 1 amide bonds. The van der Waals surface area contributed by atoms with E-state index >= 15 is 0 Å². The molecule has 0 saturated heterocycles. The summed E-state index contributed by atoms with van der Waals surface area (Å²) in [6.07, 6.45) is 1.90. The molecule has 0 aliphatic heterocycles. The van der Waals surface area contributed by atoms with Crippen LogP contribution in [0.15, 0.2) is 17.5 Å². The molecule has 0 unspecified atom stereocenters. The Balaban J connectivity index is 2.41. The topological polar surface area (TPSA) is 57.8 Å². The summed E-state index contributed by atoms with van der Waals surface area (Å²) in [4.78, 5) is 12.3. The maximum atomic E-state index is 11.2. The molecule has 5 heteroatoms. The fraction of sp³-hybridized carbons (Fsp3) is 0.333. The van der Waals surface area contributed by atoms with Crippen molar-refractivity contribution in [3.63, 3.8) is 0 Å². The van der Waals surface area contributed by atoms with Gasteiger partial charge in [-0.2, -0.15) is 5.10 Å². The van der Waals surface area contributed by atoms with Crippen molar-refractivity contribution < 1.29 is 4.79 Å². The summed E-state index contributed by atoms with van der Waals surface area (Å²) in [6, 6.07) is 3.98. The first-order valence-electron chi connectivity index (χ1n) is 5.61. The number of aromatic nitrogens is 2. The van der Waals surface area contributed by atoms with Crippen LogP contribution in [0.25, 0.3) is 10.6 Å². The van der Waals surface area contributed by atoms with Gasteiger partial charge in [-0.05, 0) is 17.9 Å². The van der Waals surface area contributed by atoms with E-state index in [9.17, 15) is 4.79 Å². The van der Waals surface area contributed by atoms with Crippen molar-refractivity contribution in [2.24, 2.45) is 0 Å². The predicted octanol–water partition coefficient (Wildman–Crippen LogP) is 3.05. The number of carbonyl (C=O) groups excluding carboxylic acids is 1. The summed E-state index contributed by atoms with van der Waals surface area (Å²) in [5, 5.41) is 12.2. The number of hydrogen-bond acceptors (Lipinski definition) is 3. The lowest BCUT2D eigenvalue weighted by molar-refractivity contribution is -0.114. The Labute approximate surface area is 104 Å². The van der Waals surface area contributed by atoms with Gasteiger partial charge >= 0.3 is 0 Å². The number of amides is 1. The van der Waals surface area contributed by atoms with E-state index in [1.807, 2.05) is 17.5 Å². The molecule has 4 nitrogen and oxygen atoms in total. The van der Waals surface area contributed by atoms with Crippen LogP contribution in [0.1, 0.15) is 26.0 Å². The molecule has 2 aromatic rings. The Kier molecular flexibility index (Phi) is 3.58. The largest absolute Gasteiger partial charge is 0.323 e. The van der Waals surface area contributed by atoms with E-state index in [0.717, 1.165) is 34.8 Å². The molecule has 0 spiro atoms. The lowest BCUT2D eigenvalue weighted by Gasteiger charge is -2.04. The van der Waals surface area contributed by atoms with Gasteiger partial charge in [0.1, 0.15) is 5.69 Å². The predicted molar refractivity (Wildman–Crippen MR) is 70.2 cm³/mol. The van der Waals surface area contributed by atoms with Gasteiger partial charge in [-0.25, -0.2) is 0 Å². The molecule has 0 fully saturated rings. The molecule has 90 valence electrons. The van der Waals surface area contributed by atoms with Gasteiger partial charge in [-0.1, -0.05) is 19.4 Å². The number of aryl methyl sites for hydroxylation is 1. The van der Waals surface area contributed by atoms with E-state index in [1.165, 1.54) is 6.92 Å². The van der Waals surface area contributed by atoms with Crippen molar-refractivity contribution >= 4 is 22.9 Å². The van der Waals surface area contributed by atoms with Gasteiger partial charge in [0, 0.05) is 6.92 Å². The van der Waals surface area contributed by atoms with Crippen LogP contribution in [0.3, 0.4) is 0 Å². The van der Waals surface area contributed by atoms with Crippen LogP contribution in [0.4, 0.5) is 5.69 Å². The van der Waals surface area contributed by atoms with Crippen LogP contribution in [0, 0.1) is 0 Å². The fourth-order valence-electron chi connectivity index (χ4n) is 1.71. The van der Waals surface area contributed by atoms with Crippen molar-refractivity contribution in [3.8, 4) is 10.6 Å². The first-order chi connectivity index (χ1) is 8.22. The molecule has 2 rings (SSSR count). The zero-order valence-corrected chi connectivity index (χ0v) is 10.7. The summed E-state index contributed by atoms with van der Waals surface area (Å²) in [7, 11) is 0. The Bertz CT molecular complexity index is 502. The van der Waals surface area contributed by atoms with Gasteiger partial charge in [0.25, 0.3) is 0 Å². The molecule has 0 aromatic carbocycles. The third kappa shape index (κ3) is 2.55. The van der Waals surface area contributed by atoms with Gasteiger partial charge in [-0.3, -0.25) is 9.89 Å². The summed E-state index contributed by atoms with van der Waals surface area (Å²) in [5.74, 6) is -0.0680. The maximum Gasteiger partial charge on any atom is 0.221 e. The van der Waals surface area contributed by atoms with Crippen molar-refractivity contribution in [3.05, 3.63) is 23.2 Å². The van der Waals surface area contributed by atoms with Crippen molar-refractivity contribution in [1.29, 1.82) is 0 Å². The number of rotatable bonds is 4. The lowest BCUT2D eigenvalue weighted by atomic mass is 10.2. The number of anilines is 1. The van der Waals surface area contributed by atoms with Crippen LogP contribution in [-0.4, -0.2) is 16.1 Å². The van der Waals surface area contributed by atoms with Crippen LogP contribution >= 0.6 is 11.3 Å². The number of aromatic amines is 1. The molecule has 0 saturated carbocycles. The minimum atomic E-state index is -0.0680. The molecule has 2 aromatic heterocycles. The van der Waals surface area contributed by atoms with Crippen LogP contribution in [0.2, 0.25) is 0 Å². The summed E-state index contributed by atoms with van der Waals surface area (Å²) < 4.78 is 0. The number of H-pyrrole nitrogens is 1. The monoisotopic (exact) mass is 249 g/mol. The quantitative estimate of drug-likeness (QED) is 0.875. The highest BCUT2D eigenvalue weighted by Gasteiger charge is 2.15. The molecule has 2 heterocycles. The minimum Gasteiger partial charge on any atom is -0.323 e. The van der Waals surface area contributed by atoms with Crippen molar-refractivity contribution in [2.45, 2.75) is 26.7 Å². The number of nitrogens with zero attached hydrogens (tertiary/aromatic N) is 1. The molecule has 17 heavy (non-hydrogen) atoms. The smallest absolute Gasteiger partial charge is 0.221 e. The zero-order chi connectivity index (χ0) is 12.3. The van der Waals surface area contributed by atoms with Gasteiger partial charge < -0.3 is 5.32 Å². The lowest BCUT2D eigenvalue weighted by Crippen LogP contribution is -2.07. The second kappa shape index (κ2) is 5.14. The second-order valence-corrected chi connectivity index (χ2v) is 4.78. The van der Waals surface area contributed by atoms with Crippen LogP contribution < -0.4 is 5.32 Å². The molecule has 0 aliphatic carbocycles. The molecular formula is C12H15N3OS. The van der Waals surface area contributed by atoms with E-state index in [1.54, 1.807) is 11.3 Å². The second-order valence-electron chi connectivity index (χ2n) is 3.83. The number of carbonyl (C=O) groups is 1. The Morgan fingerprint density at radius 1 is 1.59 bits per heavy atom. The SMILES string of the molecule is CCCc1[nH]nc(-c2cccs2)c1NC(C)=O. The Morgan fingerprint density at radius 3 is 3.00 bits per heavy atom. The number of thiophene rings is 1. The average molecular weight is 249 g/mol. The van der Waals surface area contributed by atoms with Gasteiger partial charge in [-0.15, -0.1) is 11.3 Å². The van der Waals surface area contributed by atoms with Crippen molar-refractivity contribution in [1.82, 2.24) is 10.2 Å². The first-order valence-corrected chi connectivity index (χ1v) is 6.49. The van der Waals surface area contributed by atoms with Gasteiger partial charge in [0.2, 0.25) is 5.91 Å². The van der Waals surface area contributed by atoms with E-state index in [0.29, 0.717) is 0 Å². The van der Waals surface area contributed by atoms with E-state index in [-0.39, 0.29) is 5.91 Å². The fourth-order valence-corrected chi connectivity index (χ4v) is 2.43. The highest BCUT2D eigenvalue weighted by atomic mass is 32.1. The highest BCUT2D eigenvalue weighted by Crippen LogP contribution is 2.32. The molecule has 0 bridgehead atoms. The normalized spacial score (nSPS) is 10.5. The van der Waals surface area contributed by atoms with Crippen LogP contribution in [-0.2, 0) is 11.2 Å². The Hall–Kier alpha value is -1.62. The third-order valence-electron chi connectivity index (χ3n) is 2.40. The van der Waals surface area contributed by atoms with E-state index < -0.39 is 0 Å². The molecular weight excluding hydrogens is 234 g/mol. The molecule has 2 N–H and O–H groups in total. The minimum absolute atomic E-state index is 0.0680. The summed E-state index contributed by atoms with van der Waals surface area (Å²) >= 11 is 1.61. The highest BCUT2D eigenvalue weighted by molar-refractivity contribution is 7.13. The first kappa shape index (κ1) is 11.9. The number of nitrogens with one attached hydrogen (secondary N) is 2. The van der Waals surface area contributed by atoms with Gasteiger partial charge in [0.15, 0.2) is 0 Å². The van der Waals surface area contributed by atoms with Crippen LogP contribution in [0.5, 0.6) is 0 Å². The molecule has 0 radical (unpaired) electrons.